The summed E-state index contributed by atoms with van der Waals surface area (Å²) in [5, 5.41) is 3.24. The molecule has 0 aliphatic carbocycles. The van der Waals surface area contributed by atoms with Crippen LogP contribution in [0.4, 0.5) is 0 Å². The molecule has 4 heteroatoms. The molecule has 0 spiro atoms. The minimum Gasteiger partial charge on any atom is -0.344 e. The Hall–Kier alpha value is -0.900. The van der Waals surface area contributed by atoms with E-state index in [4.69, 9.17) is 0 Å². The molecule has 0 aromatic carbocycles. The van der Waals surface area contributed by atoms with Crippen LogP contribution in [-0.2, 0) is 9.59 Å². The number of aldehydes is 1. The minimum atomic E-state index is -0.202. The predicted octanol–water partition coefficient (Wildman–Crippen LogP) is 0.668. The third-order valence-corrected chi connectivity index (χ3v) is 2.25. The summed E-state index contributed by atoms with van der Waals surface area (Å²) < 4.78 is 0. The van der Waals surface area contributed by atoms with Gasteiger partial charge in [-0.3, -0.25) is 4.79 Å². The molecule has 0 saturated carbocycles. The van der Waals surface area contributed by atoms with Crippen molar-refractivity contribution in [3.8, 4) is 0 Å². The van der Waals surface area contributed by atoms with Crippen LogP contribution < -0.4 is 5.32 Å². The topological polar surface area (TPSA) is 49.4 Å². The van der Waals surface area contributed by atoms with Crippen molar-refractivity contribution in [3.63, 3.8) is 0 Å². The van der Waals surface area contributed by atoms with Gasteiger partial charge in [0.05, 0.1) is 0 Å². The second-order valence-corrected chi connectivity index (χ2v) is 4.17. The Bertz CT molecular complexity index is 205. The third-order valence-electron chi connectivity index (χ3n) is 2.25. The zero-order valence-electron chi connectivity index (χ0n) is 10.1. The fourth-order valence-corrected chi connectivity index (χ4v) is 1.25. The Kier molecular flexibility index (Phi) is 6.96. The van der Waals surface area contributed by atoms with Crippen molar-refractivity contribution in [2.45, 2.75) is 33.2 Å². The third kappa shape index (κ3) is 6.23. The highest BCUT2D eigenvalue weighted by atomic mass is 16.2. The molecule has 0 heterocycles. The lowest BCUT2D eigenvalue weighted by Gasteiger charge is -2.21. The fourth-order valence-electron chi connectivity index (χ4n) is 1.25. The lowest BCUT2D eigenvalue weighted by atomic mass is 10.1. The summed E-state index contributed by atoms with van der Waals surface area (Å²) in [6.45, 7) is 7.38. The maximum atomic E-state index is 11.6. The smallest absolute Gasteiger partial charge is 0.225 e. The van der Waals surface area contributed by atoms with Gasteiger partial charge in [-0.05, 0) is 0 Å². The number of rotatable bonds is 7. The van der Waals surface area contributed by atoms with E-state index in [9.17, 15) is 9.59 Å². The highest BCUT2D eigenvalue weighted by Gasteiger charge is 2.16. The van der Waals surface area contributed by atoms with Crippen LogP contribution in [0.2, 0.25) is 0 Å². The lowest BCUT2D eigenvalue weighted by molar-refractivity contribution is -0.134. The molecule has 1 atom stereocenters. The molecule has 15 heavy (non-hydrogen) atoms. The first-order valence-electron chi connectivity index (χ1n) is 5.41. The quantitative estimate of drug-likeness (QED) is 0.634. The van der Waals surface area contributed by atoms with Crippen LogP contribution in [0.25, 0.3) is 0 Å². The number of likely N-dealkylation sites (N-methyl/N-ethyl adjacent to an activating group) is 1. The molecule has 1 N–H and O–H groups in total. The first-order chi connectivity index (χ1) is 6.99. The van der Waals surface area contributed by atoms with Gasteiger partial charge in [-0.2, -0.15) is 0 Å². The van der Waals surface area contributed by atoms with Crippen molar-refractivity contribution < 1.29 is 9.59 Å². The molecule has 1 amide bonds. The van der Waals surface area contributed by atoms with Crippen LogP contribution in [0.5, 0.6) is 0 Å². The molecular weight excluding hydrogens is 192 g/mol. The number of carbonyl (C=O) groups excluding carboxylic acids is 2. The Morgan fingerprint density at radius 3 is 2.47 bits per heavy atom. The Morgan fingerprint density at radius 2 is 2.00 bits per heavy atom. The van der Waals surface area contributed by atoms with Gasteiger partial charge in [0.1, 0.15) is 6.29 Å². The van der Waals surface area contributed by atoms with E-state index < -0.39 is 0 Å². The molecule has 0 aliphatic heterocycles. The molecule has 0 radical (unpaired) electrons. The highest BCUT2D eigenvalue weighted by molar-refractivity contribution is 5.80. The van der Waals surface area contributed by atoms with Gasteiger partial charge < -0.3 is 15.0 Å². The first kappa shape index (κ1) is 14.1. The van der Waals surface area contributed by atoms with Crippen molar-refractivity contribution in [1.82, 2.24) is 10.2 Å². The lowest BCUT2D eigenvalue weighted by Crippen LogP contribution is -2.38. The SMILES string of the molecule is CC(C)NCCN(C)C(=O)C(C)CC=O. The average molecular weight is 214 g/mol. The van der Waals surface area contributed by atoms with Gasteiger partial charge in [0.15, 0.2) is 0 Å². The van der Waals surface area contributed by atoms with E-state index in [1.165, 1.54) is 0 Å². The van der Waals surface area contributed by atoms with Crippen LogP contribution in [0.3, 0.4) is 0 Å². The van der Waals surface area contributed by atoms with E-state index in [0.29, 0.717) is 19.0 Å². The van der Waals surface area contributed by atoms with Gasteiger partial charge >= 0.3 is 0 Å². The monoisotopic (exact) mass is 214 g/mol. The van der Waals surface area contributed by atoms with Gasteiger partial charge in [0.2, 0.25) is 5.91 Å². The molecule has 1 unspecified atom stereocenters. The average Bonchev–Trinajstić information content (AvgIpc) is 2.16. The van der Waals surface area contributed by atoms with Gasteiger partial charge in [-0.25, -0.2) is 0 Å². The summed E-state index contributed by atoms with van der Waals surface area (Å²) in [6.07, 6.45) is 1.10. The molecule has 0 aromatic heterocycles. The van der Waals surface area contributed by atoms with Crippen molar-refractivity contribution in [2.24, 2.45) is 5.92 Å². The zero-order valence-corrected chi connectivity index (χ0v) is 10.1. The summed E-state index contributed by atoms with van der Waals surface area (Å²) in [6, 6.07) is 0.431. The molecule has 0 bridgehead atoms. The van der Waals surface area contributed by atoms with Gasteiger partial charge in [-0.15, -0.1) is 0 Å². The van der Waals surface area contributed by atoms with Gasteiger partial charge in [-0.1, -0.05) is 20.8 Å². The highest BCUT2D eigenvalue weighted by Crippen LogP contribution is 2.03. The van der Waals surface area contributed by atoms with Crippen molar-refractivity contribution in [1.29, 1.82) is 0 Å². The number of amides is 1. The van der Waals surface area contributed by atoms with Crippen LogP contribution >= 0.6 is 0 Å². The summed E-state index contributed by atoms with van der Waals surface area (Å²) in [7, 11) is 1.77. The number of hydrogen-bond donors (Lipinski definition) is 1. The van der Waals surface area contributed by atoms with Gasteiger partial charge in [0, 0.05) is 38.5 Å². The summed E-state index contributed by atoms with van der Waals surface area (Å²) in [5.41, 5.74) is 0. The summed E-state index contributed by atoms with van der Waals surface area (Å²) >= 11 is 0. The number of carbonyl (C=O) groups is 2. The van der Waals surface area contributed by atoms with E-state index in [2.05, 4.69) is 19.2 Å². The van der Waals surface area contributed by atoms with Crippen LogP contribution in [0.15, 0.2) is 0 Å². The van der Waals surface area contributed by atoms with Crippen LogP contribution in [0, 0.1) is 5.92 Å². The molecule has 0 rings (SSSR count). The molecule has 0 saturated heterocycles. The number of nitrogens with zero attached hydrogens (tertiary/aromatic N) is 1. The van der Waals surface area contributed by atoms with Crippen molar-refractivity contribution >= 4 is 12.2 Å². The maximum Gasteiger partial charge on any atom is 0.225 e. The zero-order chi connectivity index (χ0) is 11.8. The van der Waals surface area contributed by atoms with Crippen LogP contribution in [0.1, 0.15) is 27.2 Å². The van der Waals surface area contributed by atoms with Crippen molar-refractivity contribution in [3.05, 3.63) is 0 Å². The Morgan fingerprint density at radius 1 is 1.40 bits per heavy atom. The molecule has 4 nitrogen and oxygen atoms in total. The molecule has 0 fully saturated rings. The Labute approximate surface area is 92.0 Å². The molecule has 0 aromatic rings. The first-order valence-corrected chi connectivity index (χ1v) is 5.41. The second-order valence-electron chi connectivity index (χ2n) is 4.17. The maximum absolute atomic E-state index is 11.6. The summed E-state index contributed by atoms with van der Waals surface area (Å²) in [5.74, 6) is -0.167. The number of nitrogens with one attached hydrogen (secondary N) is 1. The summed E-state index contributed by atoms with van der Waals surface area (Å²) in [4.78, 5) is 23.6. The molecule has 0 aliphatic rings. The van der Waals surface area contributed by atoms with Crippen LogP contribution in [-0.4, -0.2) is 43.3 Å². The Balaban J connectivity index is 3.82. The second kappa shape index (κ2) is 7.40. The minimum absolute atomic E-state index is 0.0349. The number of hydrogen-bond acceptors (Lipinski definition) is 3. The van der Waals surface area contributed by atoms with E-state index in [-0.39, 0.29) is 11.8 Å². The predicted molar refractivity (Wildman–Crippen MR) is 60.6 cm³/mol. The van der Waals surface area contributed by atoms with E-state index >= 15 is 0 Å². The van der Waals surface area contributed by atoms with E-state index in [0.717, 1.165) is 12.8 Å². The van der Waals surface area contributed by atoms with Gasteiger partial charge in [0.25, 0.3) is 0 Å². The molecule has 88 valence electrons. The molecular formula is C11H22N2O2. The standard InChI is InChI=1S/C11H22N2O2/c1-9(2)12-6-7-13(4)11(15)10(3)5-8-14/h8-10,12H,5-7H2,1-4H3. The van der Waals surface area contributed by atoms with E-state index in [1.54, 1.807) is 18.9 Å². The normalized spacial score (nSPS) is 12.6. The fraction of sp³-hybridized carbons (Fsp3) is 0.818. The largest absolute Gasteiger partial charge is 0.344 e. The van der Waals surface area contributed by atoms with E-state index in [1.807, 2.05) is 0 Å². The van der Waals surface area contributed by atoms with Crippen molar-refractivity contribution in [2.75, 3.05) is 20.1 Å².